The second-order valence-electron chi connectivity index (χ2n) is 4.22. The summed E-state index contributed by atoms with van der Waals surface area (Å²) in [7, 11) is 1.44. The zero-order valence-corrected chi connectivity index (χ0v) is 11.0. The number of amides is 2. The minimum Gasteiger partial charge on any atom is -0.454 e. The van der Waals surface area contributed by atoms with E-state index in [1.165, 1.54) is 11.9 Å². The number of nitrogens with one attached hydrogen (secondary N) is 1. The molecule has 1 heterocycles. The second-order valence-corrected chi connectivity index (χ2v) is 4.22. The summed E-state index contributed by atoms with van der Waals surface area (Å²) in [6.07, 6.45) is 0. The van der Waals surface area contributed by atoms with Crippen molar-refractivity contribution < 1.29 is 19.1 Å². The van der Waals surface area contributed by atoms with E-state index >= 15 is 0 Å². The molecule has 2 amide bonds. The van der Waals surface area contributed by atoms with Crippen LogP contribution in [0.15, 0.2) is 30.8 Å². The van der Waals surface area contributed by atoms with Gasteiger partial charge < -0.3 is 10.1 Å². The normalized spacial score (nSPS) is 13.2. The fraction of sp³-hybridized carbons (Fsp3) is 0.214. The molecule has 0 aromatic heterocycles. The van der Waals surface area contributed by atoms with Crippen LogP contribution in [0, 0.1) is 0 Å². The Morgan fingerprint density at radius 3 is 2.55 bits per heavy atom. The lowest BCUT2D eigenvalue weighted by atomic mass is 10.1. The van der Waals surface area contributed by atoms with Crippen molar-refractivity contribution in [2.75, 3.05) is 20.2 Å². The molecule has 1 aromatic rings. The van der Waals surface area contributed by atoms with Crippen molar-refractivity contribution in [3.05, 3.63) is 42.0 Å². The Balaban J connectivity index is 2.02. The predicted octanol–water partition coefficient (Wildman–Crippen LogP) is 0.402. The Morgan fingerprint density at radius 1 is 1.30 bits per heavy atom. The molecule has 2 rings (SSSR count). The van der Waals surface area contributed by atoms with Crippen LogP contribution < -0.4 is 5.32 Å². The quantitative estimate of drug-likeness (QED) is 0.806. The fourth-order valence-corrected chi connectivity index (χ4v) is 1.89. The van der Waals surface area contributed by atoms with E-state index < -0.39 is 11.9 Å². The first-order chi connectivity index (χ1) is 9.54. The summed E-state index contributed by atoms with van der Waals surface area (Å²) >= 11 is 0. The number of hydrogen-bond donors (Lipinski definition) is 1. The summed E-state index contributed by atoms with van der Waals surface area (Å²) in [6.45, 7) is 3.18. The molecule has 0 fully saturated rings. The summed E-state index contributed by atoms with van der Waals surface area (Å²) in [6, 6.07) is 6.99. The van der Waals surface area contributed by atoms with Crippen LogP contribution in [0.5, 0.6) is 0 Å². The molecule has 0 unspecified atom stereocenters. The molecular formula is C14H14N2O4. The number of esters is 1. The van der Waals surface area contributed by atoms with E-state index in [0.29, 0.717) is 16.8 Å². The van der Waals surface area contributed by atoms with Gasteiger partial charge in [-0.25, -0.2) is 0 Å². The lowest BCUT2D eigenvalue weighted by molar-refractivity contribution is -0.148. The third-order valence-electron chi connectivity index (χ3n) is 2.97. The van der Waals surface area contributed by atoms with Gasteiger partial charge in [-0.15, -0.1) is 0 Å². The molecule has 1 aliphatic rings. The molecule has 1 N–H and O–H groups in total. The molecule has 0 bridgehead atoms. The number of nitrogens with zero attached hydrogens (tertiary/aromatic N) is 1. The molecule has 0 saturated carbocycles. The van der Waals surface area contributed by atoms with Crippen molar-refractivity contribution >= 4 is 23.5 Å². The van der Waals surface area contributed by atoms with E-state index in [4.69, 9.17) is 4.74 Å². The van der Waals surface area contributed by atoms with Crippen molar-refractivity contribution in [1.29, 1.82) is 0 Å². The maximum Gasteiger partial charge on any atom is 0.326 e. The predicted molar refractivity (Wildman–Crippen MR) is 71.5 cm³/mol. The standard InChI is InChI=1S/C14H14N2O4/c1-9-10-5-3-4-6-11(10)14(19)16(9)7-13(18)20-8-12(17)15-2/h3-6H,1,7-8H2,2H3,(H,15,17). The minimum atomic E-state index is -0.657. The zero-order chi connectivity index (χ0) is 14.7. The van der Waals surface area contributed by atoms with Crippen molar-refractivity contribution in [2.45, 2.75) is 0 Å². The van der Waals surface area contributed by atoms with Crippen LogP contribution in [0.3, 0.4) is 0 Å². The highest BCUT2D eigenvalue weighted by atomic mass is 16.5. The van der Waals surface area contributed by atoms with E-state index in [2.05, 4.69) is 11.9 Å². The lowest BCUT2D eigenvalue weighted by Crippen LogP contribution is -2.32. The fourth-order valence-electron chi connectivity index (χ4n) is 1.89. The smallest absolute Gasteiger partial charge is 0.326 e. The van der Waals surface area contributed by atoms with E-state index in [-0.39, 0.29) is 19.1 Å². The molecule has 6 heteroatoms. The van der Waals surface area contributed by atoms with Gasteiger partial charge in [-0.2, -0.15) is 0 Å². The van der Waals surface area contributed by atoms with Crippen molar-refractivity contribution in [2.24, 2.45) is 0 Å². The van der Waals surface area contributed by atoms with Crippen LogP contribution >= 0.6 is 0 Å². The van der Waals surface area contributed by atoms with Crippen LogP contribution in [-0.4, -0.2) is 42.9 Å². The third kappa shape index (κ3) is 2.54. The number of carbonyl (C=O) groups excluding carboxylic acids is 3. The van der Waals surface area contributed by atoms with Gasteiger partial charge in [0.05, 0.1) is 0 Å². The Bertz CT molecular complexity index is 560. The summed E-state index contributed by atoms with van der Waals surface area (Å²) in [5.74, 6) is -1.35. The Kier molecular flexibility index (Phi) is 3.84. The van der Waals surface area contributed by atoms with Gasteiger partial charge >= 0.3 is 5.97 Å². The topological polar surface area (TPSA) is 75.7 Å². The molecule has 0 radical (unpaired) electrons. The molecule has 0 spiro atoms. The van der Waals surface area contributed by atoms with Gasteiger partial charge in [0.2, 0.25) is 0 Å². The molecule has 0 saturated heterocycles. The number of rotatable bonds is 4. The summed E-state index contributed by atoms with van der Waals surface area (Å²) in [5.41, 5.74) is 1.68. The van der Waals surface area contributed by atoms with Gasteiger partial charge in [-0.05, 0) is 6.07 Å². The minimum absolute atomic E-state index is 0.261. The van der Waals surface area contributed by atoms with Crippen LogP contribution in [0.25, 0.3) is 5.70 Å². The number of benzene rings is 1. The highest BCUT2D eigenvalue weighted by Crippen LogP contribution is 2.30. The van der Waals surface area contributed by atoms with Crippen molar-refractivity contribution in [3.8, 4) is 0 Å². The first-order valence-electron chi connectivity index (χ1n) is 6.01. The van der Waals surface area contributed by atoms with Gasteiger partial charge in [0.25, 0.3) is 11.8 Å². The SMILES string of the molecule is C=C1c2ccccc2C(=O)N1CC(=O)OCC(=O)NC. The number of fused-ring (bicyclic) bond motifs is 1. The first-order valence-corrected chi connectivity index (χ1v) is 6.01. The molecule has 1 aliphatic heterocycles. The number of ether oxygens (including phenoxy) is 1. The van der Waals surface area contributed by atoms with Gasteiger partial charge in [0.15, 0.2) is 6.61 Å². The molecule has 0 atom stereocenters. The first kappa shape index (κ1) is 13.8. The average molecular weight is 274 g/mol. The number of likely N-dealkylation sites (N-methyl/N-ethyl adjacent to an activating group) is 1. The summed E-state index contributed by atoms with van der Waals surface area (Å²) in [5, 5.41) is 2.33. The largest absolute Gasteiger partial charge is 0.454 e. The van der Waals surface area contributed by atoms with Gasteiger partial charge in [-0.3, -0.25) is 19.3 Å². The Labute approximate surface area is 116 Å². The molecule has 104 valence electrons. The van der Waals surface area contributed by atoms with E-state index in [0.717, 1.165) is 0 Å². The molecule has 0 aliphatic carbocycles. The highest BCUT2D eigenvalue weighted by molar-refractivity contribution is 6.10. The maximum atomic E-state index is 12.1. The highest BCUT2D eigenvalue weighted by Gasteiger charge is 2.32. The van der Waals surface area contributed by atoms with Crippen LogP contribution in [0.4, 0.5) is 0 Å². The zero-order valence-electron chi connectivity index (χ0n) is 11.0. The second kappa shape index (κ2) is 5.56. The number of hydrogen-bond acceptors (Lipinski definition) is 4. The third-order valence-corrected chi connectivity index (χ3v) is 2.97. The monoisotopic (exact) mass is 274 g/mol. The van der Waals surface area contributed by atoms with E-state index in [9.17, 15) is 14.4 Å². The van der Waals surface area contributed by atoms with E-state index in [1.54, 1.807) is 24.3 Å². The van der Waals surface area contributed by atoms with Crippen LogP contribution in [0.1, 0.15) is 15.9 Å². The van der Waals surface area contributed by atoms with Crippen molar-refractivity contribution in [3.63, 3.8) is 0 Å². The van der Waals surface area contributed by atoms with Crippen LogP contribution in [0.2, 0.25) is 0 Å². The number of carbonyl (C=O) groups is 3. The Hall–Kier alpha value is -2.63. The van der Waals surface area contributed by atoms with E-state index in [1.807, 2.05) is 0 Å². The molecule has 6 nitrogen and oxygen atoms in total. The Morgan fingerprint density at radius 2 is 1.95 bits per heavy atom. The maximum absolute atomic E-state index is 12.1. The summed E-state index contributed by atoms with van der Waals surface area (Å²) < 4.78 is 4.77. The molecule has 1 aromatic carbocycles. The summed E-state index contributed by atoms with van der Waals surface area (Å²) in [4.78, 5) is 36.0. The lowest BCUT2D eigenvalue weighted by Gasteiger charge is -2.16. The van der Waals surface area contributed by atoms with Crippen molar-refractivity contribution in [1.82, 2.24) is 10.2 Å². The van der Waals surface area contributed by atoms with Crippen LogP contribution in [-0.2, 0) is 14.3 Å². The average Bonchev–Trinajstić information content (AvgIpc) is 2.70. The molecular weight excluding hydrogens is 260 g/mol. The molecule has 20 heavy (non-hydrogen) atoms. The van der Waals surface area contributed by atoms with Gasteiger partial charge in [-0.1, -0.05) is 24.8 Å². The van der Waals surface area contributed by atoms with Gasteiger partial charge in [0, 0.05) is 23.9 Å². The van der Waals surface area contributed by atoms with Gasteiger partial charge in [0.1, 0.15) is 6.54 Å².